The van der Waals surface area contributed by atoms with E-state index < -0.39 is 0 Å². The van der Waals surface area contributed by atoms with E-state index in [0.717, 1.165) is 24.4 Å². The van der Waals surface area contributed by atoms with E-state index in [1.165, 1.54) is 31.9 Å². The fraction of sp³-hybridized carbons (Fsp3) is 0.714. The minimum Gasteiger partial charge on any atom is -0.468 e. The van der Waals surface area contributed by atoms with Crippen LogP contribution in [0.5, 0.6) is 0 Å². The Morgan fingerprint density at radius 2 is 2.21 bits per heavy atom. The molecule has 1 aromatic rings. The van der Waals surface area contributed by atoms with Crippen LogP contribution in [0.2, 0.25) is 0 Å². The van der Waals surface area contributed by atoms with Crippen molar-refractivity contribution in [1.82, 2.24) is 15.1 Å². The number of methoxy groups -OCH3 is 1. The summed E-state index contributed by atoms with van der Waals surface area (Å²) in [5.74, 6) is -0.258. The van der Waals surface area contributed by atoms with Gasteiger partial charge in [-0.3, -0.25) is 9.48 Å². The molecule has 1 atom stereocenters. The van der Waals surface area contributed by atoms with Gasteiger partial charge in [0.15, 0.2) is 0 Å². The Bertz CT molecular complexity index is 446. The van der Waals surface area contributed by atoms with E-state index in [4.69, 9.17) is 4.74 Å². The maximum Gasteiger partial charge on any atom is 0.327 e. The fourth-order valence-corrected chi connectivity index (χ4v) is 2.83. The molecule has 5 heteroatoms. The Labute approximate surface area is 114 Å². The van der Waals surface area contributed by atoms with Crippen LogP contribution in [0.15, 0.2) is 0 Å². The van der Waals surface area contributed by atoms with Gasteiger partial charge in [0.05, 0.1) is 12.8 Å². The predicted octanol–water partition coefficient (Wildman–Crippen LogP) is 1.88. The Hall–Kier alpha value is -1.36. The van der Waals surface area contributed by atoms with E-state index in [0.29, 0.717) is 6.04 Å². The lowest BCUT2D eigenvalue weighted by molar-refractivity contribution is -0.141. The van der Waals surface area contributed by atoms with Crippen molar-refractivity contribution >= 4 is 5.97 Å². The second kappa shape index (κ2) is 6.19. The van der Waals surface area contributed by atoms with Crippen molar-refractivity contribution < 1.29 is 9.53 Å². The van der Waals surface area contributed by atoms with E-state index in [2.05, 4.69) is 10.4 Å². The Balaban J connectivity index is 2.22. The molecule has 0 aromatic carbocycles. The fourth-order valence-electron chi connectivity index (χ4n) is 2.83. The summed E-state index contributed by atoms with van der Waals surface area (Å²) in [7, 11) is 1.40. The van der Waals surface area contributed by atoms with Crippen molar-refractivity contribution in [1.29, 1.82) is 0 Å². The summed E-state index contributed by atoms with van der Waals surface area (Å²) in [6, 6.07) is 0.369. The highest BCUT2D eigenvalue weighted by Gasteiger charge is 2.22. The highest BCUT2D eigenvalue weighted by atomic mass is 16.5. The molecule has 0 spiro atoms. The zero-order chi connectivity index (χ0) is 13.8. The maximum absolute atomic E-state index is 11.4. The quantitative estimate of drug-likeness (QED) is 0.848. The van der Waals surface area contributed by atoms with E-state index in [-0.39, 0.29) is 12.5 Å². The molecule has 2 rings (SSSR count). The molecular weight excluding hydrogens is 242 g/mol. The molecule has 1 fully saturated rings. The highest BCUT2D eigenvalue weighted by Crippen LogP contribution is 2.27. The molecule has 0 aliphatic carbocycles. The van der Waals surface area contributed by atoms with E-state index in [1.54, 1.807) is 4.68 Å². The van der Waals surface area contributed by atoms with E-state index in [1.807, 2.05) is 13.8 Å². The van der Waals surface area contributed by atoms with Gasteiger partial charge in [0, 0.05) is 17.3 Å². The van der Waals surface area contributed by atoms with Gasteiger partial charge in [-0.2, -0.15) is 5.10 Å². The van der Waals surface area contributed by atoms with Crippen LogP contribution in [-0.2, 0) is 16.1 Å². The lowest BCUT2D eigenvalue weighted by Crippen LogP contribution is -2.21. The highest BCUT2D eigenvalue weighted by molar-refractivity contribution is 5.69. The predicted molar refractivity (Wildman–Crippen MR) is 72.9 cm³/mol. The molecule has 0 amide bonds. The maximum atomic E-state index is 11.4. The van der Waals surface area contributed by atoms with Crippen molar-refractivity contribution in [3.8, 4) is 0 Å². The van der Waals surface area contributed by atoms with Crippen molar-refractivity contribution in [2.75, 3.05) is 13.7 Å². The van der Waals surface area contributed by atoms with Crippen LogP contribution < -0.4 is 5.32 Å². The second-order valence-electron chi connectivity index (χ2n) is 5.17. The third-order valence-corrected chi connectivity index (χ3v) is 3.85. The minimum atomic E-state index is -0.258. The number of rotatable bonds is 3. The second-order valence-corrected chi connectivity index (χ2v) is 5.17. The molecule has 106 valence electrons. The summed E-state index contributed by atoms with van der Waals surface area (Å²) in [6.07, 6.45) is 4.92. The van der Waals surface area contributed by atoms with Crippen molar-refractivity contribution in [2.45, 2.75) is 52.1 Å². The number of carbonyl (C=O) groups is 1. The van der Waals surface area contributed by atoms with Crippen molar-refractivity contribution in [3.05, 3.63) is 17.0 Å². The van der Waals surface area contributed by atoms with Gasteiger partial charge in [-0.15, -0.1) is 0 Å². The Morgan fingerprint density at radius 3 is 2.95 bits per heavy atom. The van der Waals surface area contributed by atoms with Gasteiger partial charge in [-0.25, -0.2) is 0 Å². The summed E-state index contributed by atoms with van der Waals surface area (Å²) in [4.78, 5) is 11.4. The monoisotopic (exact) mass is 265 g/mol. The first kappa shape index (κ1) is 14.1. The molecule has 1 aliphatic rings. The van der Waals surface area contributed by atoms with Crippen LogP contribution in [0.1, 0.15) is 48.7 Å². The first-order valence-electron chi connectivity index (χ1n) is 6.97. The molecule has 2 heterocycles. The molecule has 0 unspecified atom stereocenters. The summed E-state index contributed by atoms with van der Waals surface area (Å²) in [5.41, 5.74) is 3.34. The van der Waals surface area contributed by atoms with E-state index >= 15 is 0 Å². The number of ether oxygens (including phenoxy) is 1. The number of hydrogen-bond donors (Lipinski definition) is 1. The lowest BCUT2D eigenvalue weighted by Gasteiger charge is -2.16. The summed E-state index contributed by atoms with van der Waals surface area (Å²) in [5, 5.41) is 8.07. The van der Waals surface area contributed by atoms with Crippen LogP contribution in [0.3, 0.4) is 0 Å². The zero-order valence-corrected chi connectivity index (χ0v) is 12.0. The molecule has 0 bridgehead atoms. The third kappa shape index (κ3) is 3.15. The van der Waals surface area contributed by atoms with Crippen molar-refractivity contribution in [2.24, 2.45) is 0 Å². The molecular formula is C14H23N3O2. The molecule has 19 heavy (non-hydrogen) atoms. The summed E-state index contributed by atoms with van der Waals surface area (Å²) < 4.78 is 6.46. The first-order chi connectivity index (χ1) is 9.13. The van der Waals surface area contributed by atoms with Crippen LogP contribution >= 0.6 is 0 Å². The minimum absolute atomic E-state index is 0.190. The number of esters is 1. The third-order valence-electron chi connectivity index (χ3n) is 3.85. The van der Waals surface area contributed by atoms with Gasteiger partial charge >= 0.3 is 5.97 Å². The van der Waals surface area contributed by atoms with Gasteiger partial charge in [0.25, 0.3) is 0 Å². The topological polar surface area (TPSA) is 56.2 Å². The van der Waals surface area contributed by atoms with Crippen LogP contribution in [0.25, 0.3) is 0 Å². The Kier molecular flexibility index (Phi) is 4.58. The lowest BCUT2D eigenvalue weighted by atomic mass is 10.0. The zero-order valence-electron chi connectivity index (χ0n) is 12.0. The van der Waals surface area contributed by atoms with E-state index in [9.17, 15) is 4.79 Å². The van der Waals surface area contributed by atoms with Gasteiger partial charge < -0.3 is 10.1 Å². The molecule has 5 nitrogen and oxygen atoms in total. The molecule has 1 saturated heterocycles. The van der Waals surface area contributed by atoms with Gasteiger partial charge in [-0.05, 0) is 33.2 Å². The SMILES string of the molecule is COC(=O)Cn1nc(C)c([C@@H]2CCCCCN2)c1C. The molecule has 1 N–H and O–H groups in total. The van der Waals surface area contributed by atoms with Crippen LogP contribution in [0, 0.1) is 13.8 Å². The van der Waals surface area contributed by atoms with Gasteiger partial charge in [-0.1, -0.05) is 12.8 Å². The first-order valence-corrected chi connectivity index (χ1v) is 6.97. The number of hydrogen-bond acceptors (Lipinski definition) is 4. The Morgan fingerprint density at radius 1 is 1.42 bits per heavy atom. The van der Waals surface area contributed by atoms with Gasteiger partial charge in [0.2, 0.25) is 0 Å². The van der Waals surface area contributed by atoms with Crippen LogP contribution in [0.4, 0.5) is 0 Å². The average Bonchev–Trinajstić information content (AvgIpc) is 2.62. The number of carbonyl (C=O) groups excluding carboxylic acids is 1. The standard InChI is InChI=1S/C14H23N3O2/c1-10-14(12-7-5-4-6-8-15-12)11(2)17(16-10)9-13(18)19-3/h12,15H,4-9H2,1-3H3/t12-/m0/s1. The molecule has 0 saturated carbocycles. The normalized spacial score (nSPS) is 20.1. The number of aryl methyl sites for hydroxylation is 1. The smallest absolute Gasteiger partial charge is 0.327 e. The molecule has 1 aliphatic heterocycles. The number of nitrogens with zero attached hydrogens (tertiary/aromatic N) is 2. The van der Waals surface area contributed by atoms with Gasteiger partial charge in [0.1, 0.15) is 6.54 Å². The molecule has 1 aromatic heterocycles. The van der Waals surface area contributed by atoms with Crippen molar-refractivity contribution in [3.63, 3.8) is 0 Å². The largest absolute Gasteiger partial charge is 0.468 e. The van der Waals surface area contributed by atoms with Crippen LogP contribution in [-0.4, -0.2) is 29.4 Å². The molecule has 0 radical (unpaired) electrons. The summed E-state index contributed by atoms with van der Waals surface area (Å²) in [6.45, 7) is 5.30. The number of aromatic nitrogens is 2. The average molecular weight is 265 g/mol. The number of nitrogens with one attached hydrogen (secondary N) is 1. The summed E-state index contributed by atoms with van der Waals surface area (Å²) >= 11 is 0.